The molecule has 0 aliphatic heterocycles. The number of thiophene rings is 1. The van der Waals surface area contributed by atoms with E-state index in [4.69, 9.17) is 17.3 Å². The first kappa shape index (κ1) is 17.2. The number of alkyl halides is 3. The van der Waals surface area contributed by atoms with Crippen LogP contribution in [-0.2, 0) is 12.6 Å². The molecule has 0 atom stereocenters. The number of hydrogen-bond donors (Lipinski definition) is 1. The number of thioether (sulfide) groups is 1. The average Bonchev–Trinajstić information content (AvgIpc) is 2.95. The number of aromatic nitrogens is 3. The first-order chi connectivity index (χ1) is 11.3. The number of nitrogens with zero attached hydrogens (tertiary/aromatic N) is 3. The highest BCUT2D eigenvalue weighted by atomic mass is 35.5. The molecule has 0 aromatic carbocycles. The third-order valence-electron chi connectivity index (χ3n) is 3.05. The second kappa shape index (κ2) is 6.73. The van der Waals surface area contributed by atoms with E-state index >= 15 is 0 Å². The minimum Gasteiger partial charge on any atom is -0.384 e. The van der Waals surface area contributed by atoms with Gasteiger partial charge in [0, 0.05) is 17.5 Å². The van der Waals surface area contributed by atoms with Crippen LogP contribution in [0.4, 0.5) is 19.0 Å². The van der Waals surface area contributed by atoms with Crippen molar-refractivity contribution in [2.24, 2.45) is 0 Å². The van der Waals surface area contributed by atoms with Crippen molar-refractivity contribution in [2.75, 3.05) is 11.5 Å². The van der Waals surface area contributed by atoms with Gasteiger partial charge in [-0.1, -0.05) is 23.4 Å². The van der Waals surface area contributed by atoms with Gasteiger partial charge in [0.15, 0.2) is 10.9 Å². The summed E-state index contributed by atoms with van der Waals surface area (Å²) in [6.45, 7) is 0. The smallest absolute Gasteiger partial charge is 0.384 e. The van der Waals surface area contributed by atoms with Gasteiger partial charge in [0.2, 0.25) is 0 Å². The van der Waals surface area contributed by atoms with Crippen molar-refractivity contribution in [3.8, 4) is 0 Å². The third kappa shape index (κ3) is 3.90. The largest absolute Gasteiger partial charge is 0.433 e. The van der Waals surface area contributed by atoms with Crippen LogP contribution >= 0.6 is 34.7 Å². The Morgan fingerprint density at radius 3 is 2.75 bits per heavy atom. The lowest BCUT2D eigenvalue weighted by molar-refractivity contribution is -0.141. The summed E-state index contributed by atoms with van der Waals surface area (Å²) in [7, 11) is 0. The molecule has 10 heteroatoms. The van der Waals surface area contributed by atoms with Crippen LogP contribution in [0.25, 0.3) is 10.1 Å². The second-order valence-corrected chi connectivity index (χ2v) is 7.14. The van der Waals surface area contributed by atoms with Gasteiger partial charge in [-0.05, 0) is 29.3 Å². The Bertz CT molecular complexity index is 882. The Morgan fingerprint density at radius 2 is 2.00 bits per heavy atom. The van der Waals surface area contributed by atoms with Crippen molar-refractivity contribution in [3.63, 3.8) is 0 Å². The quantitative estimate of drug-likeness (QED) is 0.398. The first-order valence-corrected chi connectivity index (χ1v) is 8.94. The molecule has 24 heavy (non-hydrogen) atoms. The number of hydrogen-bond acceptors (Lipinski definition) is 6. The Balaban J connectivity index is 1.70. The predicted octanol–water partition coefficient (Wildman–Crippen LogP) is 4.68. The summed E-state index contributed by atoms with van der Waals surface area (Å²) in [6.07, 6.45) is -4.03. The Hall–Kier alpha value is -1.58. The van der Waals surface area contributed by atoms with Crippen LogP contribution in [0.1, 0.15) is 11.4 Å². The molecule has 0 unspecified atom stereocenters. The third-order valence-corrected chi connectivity index (χ3v) is 5.22. The molecule has 3 aromatic rings. The minimum atomic E-state index is -4.55. The summed E-state index contributed by atoms with van der Waals surface area (Å²) in [6, 6.07) is 4.58. The molecule has 0 fully saturated rings. The average molecular weight is 391 g/mol. The van der Waals surface area contributed by atoms with Crippen LogP contribution in [0.15, 0.2) is 28.7 Å². The first-order valence-electron chi connectivity index (χ1n) is 6.70. The molecule has 0 spiro atoms. The van der Waals surface area contributed by atoms with Crippen molar-refractivity contribution >= 4 is 50.6 Å². The number of halogens is 4. The number of nitrogen functional groups attached to an aromatic ring is 1. The lowest BCUT2D eigenvalue weighted by atomic mass is 10.2. The van der Waals surface area contributed by atoms with E-state index in [2.05, 4.69) is 15.0 Å². The van der Waals surface area contributed by atoms with E-state index in [1.165, 1.54) is 11.3 Å². The number of fused-ring (bicyclic) bond motifs is 1. The van der Waals surface area contributed by atoms with Gasteiger partial charge in [-0.15, -0.1) is 11.3 Å². The summed E-state index contributed by atoms with van der Waals surface area (Å²) in [5, 5.41) is 3.35. The number of aryl methyl sites for hydroxylation is 1. The molecule has 3 rings (SSSR count). The maximum atomic E-state index is 12.7. The Kier molecular flexibility index (Phi) is 4.84. The van der Waals surface area contributed by atoms with E-state index in [1.54, 1.807) is 0 Å². The molecule has 0 amide bonds. The van der Waals surface area contributed by atoms with Crippen LogP contribution in [0.2, 0.25) is 5.15 Å². The van der Waals surface area contributed by atoms with Gasteiger partial charge in [0.05, 0.1) is 4.70 Å². The number of nitrogens with two attached hydrogens (primary N) is 1. The zero-order valence-corrected chi connectivity index (χ0v) is 14.4. The van der Waals surface area contributed by atoms with E-state index < -0.39 is 11.9 Å². The standard InChI is InChI=1S/C14H10ClF3N4S2/c15-12-11-7(1-3-23-11)5-8(20-12)2-4-24-13-21-9(14(16,17)18)6-10(19)22-13/h1,3,5-6H,2,4H2,(H2,19,21,22). The fourth-order valence-corrected chi connectivity index (χ4v) is 3.95. The molecule has 4 nitrogen and oxygen atoms in total. The molecule has 0 radical (unpaired) electrons. The highest BCUT2D eigenvalue weighted by molar-refractivity contribution is 7.99. The zero-order valence-electron chi connectivity index (χ0n) is 12.0. The number of pyridine rings is 1. The lowest BCUT2D eigenvalue weighted by Crippen LogP contribution is -2.11. The fraction of sp³-hybridized carbons (Fsp3) is 0.214. The normalized spacial score (nSPS) is 12.0. The van der Waals surface area contributed by atoms with Crippen molar-refractivity contribution < 1.29 is 13.2 Å². The molecule has 3 aromatic heterocycles. The van der Waals surface area contributed by atoms with E-state index in [0.29, 0.717) is 17.3 Å². The highest BCUT2D eigenvalue weighted by Gasteiger charge is 2.33. The molecule has 0 aliphatic rings. The predicted molar refractivity (Wildman–Crippen MR) is 90.5 cm³/mol. The SMILES string of the molecule is Nc1cc(C(F)(F)F)nc(SCCc2cc3ccsc3c(Cl)n2)n1. The van der Waals surface area contributed by atoms with Gasteiger partial charge in [0.1, 0.15) is 11.0 Å². The summed E-state index contributed by atoms with van der Waals surface area (Å²) in [4.78, 5) is 11.6. The summed E-state index contributed by atoms with van der Waals surface area (Å²) < 4.78 is 39.1. The molecular formula is C14H10ClF3N4S2. The van der Waals surface area contributed by atoms with Crippen molar-refractivity contribution in [2.45, 2.75) is 17.8 Å². The minimum absolute atomic E-state index is 0.00923. The molecule has 0 aliphatic carbocycles. The molecule has 0 saturated heterocycles. The van der Waals surface area contributed by atoms with Crippen LogP contribution in [0.3, 0.4) is 0 Å². The van der Waals surface area contributed by atoms with Gasteiger partial charge in [-0.2, -0.15) is 13.2 Å². The van der Waals surface area contributed by atoms with E-state index in [-0.39, 0.29) is 11.0 Å². The molecule has 126 valence electrons. The summed E-state index contributed by atoms with van der Waals surface area (Å²) in [5.74, 6) is 0.250. The van der Waals surface area contributed by atoms with Crippen molar-refractivity contribution in [3.05, 3.63) is 40.1 Å². The van der Waals surface area contributed by atoms with E-state index in [0.717, 1.165) is 33.6 Å². The summed E-state index contributed by atoms with van der Waals surface area (Å²) in [5.41, 5.74) is 5.14. The molecule has 2 N–H and O–H groups in total. The van der Waals surface area contributed by atoms with Crippen LogP contribution in [0, 0.1) is 0 Å². The van der Waals surface area contributed by atoms with Crippen LogP contribution in [-0.4, -0.2) is 20.7 Å². The Labute approximate surface area is 148 Å². The van der Waals surface area contributed by atoms with Gasteiger partial charge < -0.3 is 5.73 Å². The lowest BCUT2D eigenvalue weighted by Gasteiger charge is -2.08. The maximum absolute atomic E-state index is 12.7. The molecule has 0 saturated carbocycles. The fourth-order valence-electron chi connectivity index (χ4n) is 2.02. The van der Waals surface area contributed by atoms with E-state index in [1.807, 2.05) is 17.5 Å². The van der Waals surface area contributed by atoms with Gasteiger partial charge in [-0.25, -0.2) is 15.0 Å². The van der Waals surface area contributed by atoms with E-state index in [9.17, 15) is 13.2 Å². The van der Waals surface area contributed by atoms with Crippen LogP contribution in [0.5, 0.6) is 0 Å². The molecule has 0 bridgehead atoms. The van der Waals surface area contributed by atoms with Gasteiger partial charge >= 0.3 is 6.18 Å². The van der Waals surface area contributed by atoms with Crippen LogP contribution < -0.4 is 5.73 Å². The zero-order chi connectivity index (χ0) is 17.3. The number of anilines is 1. The van der Waals surface area contributed by atoms with Gasteiger partial charge in [-0.3, -0.25) is 0 Å². The molecular weight excluding hydrogens is 381 g/mol. The van der Waals surface area contributed by atoms with Gasteiger partial charge in [0.25, 0.3) is 0 Å². The van der Waals surface area contributed by atoms with Crippen molar-refractivity contribution in [1.82, 2.24) is 15.0 Å². The molecule has 3 heterocycles. The topological polar surface area (TPSA) is 64.7 Å². The second-order valence-electron chi connectivity index (χ2n) is 4.80. The number of rotatable bonds is 4. The highest BCUT2D eigenvalue weighted by Crippen LogP contribution is 2.31. The monoisotopic (exact) mass is 390 g/mol. The summed E-state index contributed by atoms with van der Waals surface area (Å²) >= 11 is 8.72. The van der Waals surface area contributed by atoms with Crippen molar-refractivity contribution in [1.29, 1.82) is 0 Å². The maximum Gasteiger partial charge on any atom is 0.433 e. The Morgan fingerprint density at radius 1 is 1.21 bits per heavy atom.